The minimum absolute atomic E-state index is 0.132. The normalized spacial score (nSPS) is 14.7. The van der Waals surface area contributed by atoms with Gasteiger partial charge in [0.25, 0.3) is 10.0 Å². The van der Waals surface area contributed by atoms with Crippen LogP contribution in [-0.2, 0) is 10.0 Å². The van der Waals surface area contributed by atoms with Gasteiger partial charge in [0, 0.05) is 22.3 Å². The van der Waals surface area contributed by atoms with Crippen LogP contribution in [0.3, 0.4) is 0 Å². The maximum atomic E-state index is 12.4. The molecule has 1 heterocycles. The first-order valence-electron chi connectivity index (χ1n) is 6.82. The number of benzene rings is 2. The van der Waals surface area contributed by atoms with Gasteiger partial charge in [-0.1, -0.05) is 23.2 Å². The summed E-state index contributed by atoms with van der Waals surface area (Å²) in [7, 11) is -3.72. The third kappa shape index (κ3) is 3.60. The van der Waals surface area contributed by atoms with E-state index in [1.807, 2.05) is 12.1 Å². The molecule has 0 saturated carbocycles. The van der Waals surface area contributed by atoms with E-state index in [2.05, 4.69) is 9.71 Å². The Morgan fingerprint density at radius 1 is 0.957 bits per heavy atom. The Labute approximate surface area is 144 Å². The first-order chi connectivity index (χ1) is 11.0. The Morgan fingerprint density at radius 3 is 2.13 bits per heavy atom. The summed E-state index contributed by atoms with van der Waals surface area (Å²) in [6.07, 6.45) is 0. The number of hydrogen-bond donors (Lipinski definition) is 1. The predicted molar refractivity (Wildman–Crippen MR) is 92.9 cm³/mol. The van der Waals surface area contributed by atoms with Gasteiger partial charge in [-0.05, 0) is 48.5 Å². The van der Waals surface area contributed by atoms with Gasteiger partial charge in [0.2, 0.25) is 5.96 Å². The van der Waals surface area contributed by atoms with E-state index in [1.165, 1.54) is 24.3 Å². The van der Waals surface area contributed by atoms with Crippen molar-refractivity contribution < 1.29 is 8.42 Å². The summed E-state index contributed by atoms with van der Waals surface area (Å²) in [5, 5.41) is 1.10. The Hall–Kier alpha value is -1.76. The van der Waals surface area contributed by atoms with Crippen molar-refractivity contribution in [2.24, 2.45) is 4.99 Å². The molecule has 0 unspecified atom stereocenters. The van der Waals surface area contributed by atoms with Gasteiger partial charge < -0.3 is 4.90 Å². The molecule has 1 aliphatic heterocycles. The second kappa shape index (κ2) is 6.39. The summed E-state index contributed by atoms with van der Waals surface area (Å²) in [5.74, 6) is 0.294. The van der Waals surface area contributed by atoms with Gasteiger partial charge in [-0.15, -0.1) is 0 Å². The molecule has 8 heteroatoms. The van der Waals surface area contributed by atoms with E-state index in [-0.39, 0.29) is 4.90 Å². The SMILES string of the molecule is O=S(=O)(NC1=NCCN1c1ccc(Cl)cc1)c1ccc(Cl)cc1. The molecule has 0 atom stereocenters. The van der Waals surface area contributed by atoms with Gasteiger partial charge in [0.05, 0.1) is 11.4 Å². The lowest BCUT2D eigenvalue weighted by Gasteiger charge is -2.21. The molecule has 1 aliphatic rings. The Morgan fingerprint density at radius 2 is 1.52 bits per heavy atom. The van der Waals surface area contributed by atoms with Gasteiger partial charge in [0.15, 0.2) is 0 Å². The average molecular weight is 370 g/mol. The van der Waals surface area contributed by atoms with Crippen LogP contribution in [0.5, 0.6) is 0 Å². The molecule has 120 valence electrons. The standard InChI is InChI=1S/C15H13Cl2N3O2S/c16-11-1-5-13(6-2-11)20-10-9-18-15(20)19-23(21,22)14-7-3-12(17)4-8-14/h1-8H,9-10H2,(H,18,19). The second-order valence-corrected chi connectivity index (χ2v) is 7.45. The molecule has 0 aliphatic carbocycles. The number of anilines is 1. The quantitative estimate of drug-likeness (QED) is 0.903. The number of hydrogen-bond acceptors (Lipinski definition) is 4. The van der Waals surface area contributed by atoms with Crippen molar-refractivity contribution >= 4 is 44.9 Å². The summed E-state index contributed by atoms with van der Waals surface area (Å²) in [5.41, 5.74) is 0.824. The Bertz CT molecular complexity index is 834. The third-order valence-electron chi connectivity index (χ3n) is 3.33. The molecule has 0 fully saturated rings. The van der Waals surface area contributed by atoms with Crippen LogP contribution in [0.1, 0.15) is 0 Å². The van der Waals surface area contributed by atoms with Crippen molar-refractivity contribution in [3.63, 3.8) is 0 Å². The molecule has 1 N–H and O–H groups in total. The summed E-state index contributed by atoms with van der Waals surface area (Å²) in [4.78, 5) is 6.16. The van der Waals surface area contributed by atoms with Crippen LogP contribution in [0.4, 0.5) is 5.69 Å². The van der Waals surface area contributed by atoms with E-state index < -0.39 is 10.0 Å². The monoisotopic (exact) mass is 369 g/mol. The van der Waals surface area contributed by atoms with Crippen LogP contribution in [0.2, 0.25) is 10.0 Å². The Balaban J connectivity index is 1.83. The summed E-state index contributed by atoms with van der Waals surface area (Å²) < 4.78 is 27.4. The zero-order chi connectivity index (χ0) is 16.4. The first-order valence-corrected chi connectivity index (χ1v) is 9.05. The van der Waals surface area contributed by atoms with Crippen LogP contribution in [-0.4, -0.2) is 27.5 Å². The van der Waals surface area contributed by atoms with Crippen LogP contribution < -0.4 is 9.62 Å². The maximum absolute atomic E-state index is 12.4. The number of nitrogens with zero attached hydrogens (tertiary/aromatic N) is 2. The molecule has 0 spiro atoms. The van der Waals surface area contributed by atoms with Crippen molar-refractivity contribution in [1.82, 2.24) is 4.72 Å². The van der Waals surface area contributed by atoms with Crippen molar-refractivity contribution in [3.05, 3.63) is 58.6 Å². The van der Waals surface area contributed by atoms with Gasteiger partial charge in [-0.3, -0.25) is 4.99 Å². The van der Waals surface area contributed by atoms with Gasteiger partial charge in [-0.25, -0.2) is 13.1 Å². The number of halogens is 2. The van der Waals surface area contributed by atoms with Crippen molar-refractivity contribution in [1.29, 1.82) is 0 Å². The van der Waals surface area contributed by atoms with Gasteiger partial charge in [-0.2, -0.15) is 0 Å². The summed E-state index contributed by atoms with van der Waals surface area (Å²) in [6.45, 7) is 1.11. The van der Waals surface area contributed by atoms with E-state index in [0.717, 1.165) is 5.69 Å². The predicted octanol–water partition coefficient (Wildman–Crippen LogP) is 3.15. The van der Waals surface area contributed by atoms with Crippen LogP contribution in [0.15, 0.2) is 58.4 Å². The molecule has 0 bridgehead atoms. The van der Waals surface area contributed by atoms with Crippen molar-refractivity contribution in [2.45, 2.75) is 4.90 Å². The van der Waals surface area contributed by atoms with E-state index >= 15 is 0 Å². The minimum atomic E-state index is -3.72. The summed E-state index contributed by atoms with van der Waals surface area (Å²) >= 11 is 11.7. The van der Waals surface area contributed by atoms with Crippen LogP contribution in [0, 0.1) is 0 Å². The zero-order valence-corrected chi connectivity index (χ0v) is 14.2. The number of aliphatic imine (C=N–C) groups is 1. The molecule has 0 saturated heterocycles. The van der Waals surface area contributed by atoms with Crippen molar-refractivity contribution in [3.8, 4) is 0 Å². The zero-order valence-electron chi connectivity index (χ0n) is 11.9. The molecular weight excluding hydrogens is 357 g/mol. The maximum Gasteiger partial charge on any atom is 0.264 e. The first kappa shape index (κ1) is 16.1. The highest BCUT2D eigenvalue weighted by atomic mass is 35.5. The fourth-order valence-electron chi connectivity index (χ4n) is 2.20. The number of guanidine groups is 1. The molecule has 5 nitrogen and oxygen atoms in total. The molecular formula is C15H13Cl2N3O2S. The second-order valence-electron chi connectivity index (χ2n) is 4.89. The lowest BCUT2D eigenvalue weighted by Crippen LogP contribution is -2.41. The Kier molecular flexibility index (Phi) is 4.48. The molecule has 3 rings (SSSR count). The number of sulfonamides is 1. The molecule has 0 aromatic heterocycles. The topological polar surface area (TPSA) is 61.8 Å². The highest BCUT2D eigenvalue weighted by Gasteiger charge is 2.24. The minimum Gasteiger partial charge on any atom is -0.310 e. The fraction of sp³-hybridized carbons (Fsp3) is 0.133. The van der Waals surface area contributed by atoms with Gasteiger partial charge in [0.1, 0.15) is 0 Å². The third-order valence-corrected chi connectivity index (χ3v) is 5.18. The van der Waals surface area contributed by atoms with E-state index in [0.29, 0.717) is 29.1 Å². The number of nitrogens with one attached hydrogen (secondary N) is 1. The smallest absolute Gasteiger partial charge is 0.264 e. The molecule has 0 amide bonds. The molecule has 0 radical (unpaired) electrons. The lowest BCUT2D eigenvalue weighted by atomic mass is 10.3. The average Bonchev–Trinajstić information content (AvgIpc) is 2.96. The molecule has 23 heavy (non-hydrogen) atoms. The van der Waals surface area contributed by atoms with E-state index in [9.17, 15) is 8.42 Å². The highest BCUT2D eigenvalue weighted by molar-refractivity contribution is 7.90. The number of rotatable bonds is 3. The van der Waals surface area contributed by atoms with Crippen LogP contribution >= 0.6 is 23.2 Å². The molecule has 2 aromatic carbocycles. The fourth-order valence-corrected chi connectivity index (χ4v) is 3.48. The lowest BCUT2D eigenvalue weighted by molar-refractivity contribution is 0.592. The molecule has 2 aromatic rings. The van der Waals surface area contributed by atoms with Crippen LogP contribution in [0.25, 0.3) is 0 Å². The van der Waals surface area contributed by atoms with Crippen molar-refractivity contribution in [2.75, 3.05) is 18.0 Å². The highest BCUT2D eigenvalue weighted by Crippen LogP contribution is 2.21. The van der Waals surface area contributed by atoms with E-state index in [4.69, 9.17) is 23.2 Å². The van der Waals surface area contributed by atoms with E-state index in [1.54, 1.807) is 17.0 Å². The van der Waals surface area contributed by atoms with Gasteiger partial charge >= 0.3 is 0 Å². The largest absolute Gasteiger partial charge is 0.310 e. The summed E-state index contributed by atoms with van der Waals surface area (Å²) in [6, 6.07) is 13.1.